The second-order valence-electron chi connectivity index (χ2n) is 5.84. The molecule has 0 aromatic heterocycles. The van der Waals surface area contributed by atoms with Crippen molar-refractivity contribution in [2.75, 3.05) is 26.8 Å². The topological polar surface area (TPSA) is 29.5 Å². The largest absolute Gasteiger partial charge is 0.380 e. The van der Waals surface area contributed by atoms with Crippen molar-refractivity contribution in [3.8, 4) is 0 Å². The highest BCUT2D eigenvalue weighted by molar-refractivity contribution is 5.60. The van der Waals surface area contributed by atoms with E-state index in [-0.39, 0.29) is 5.41 Å². The van der Waals surface area contributed by atoms with Gasteiger partial charge in [-0.3, -0.25) is 0 Å². The Hall–Kier alpha value is -0.410. The van der Waals surface area contributed by atoms with Gasteiger partial charge in [-0.2, -0.15) is 0 Å². The minimum absolute atomic E-state index is 0.232. The minimum atomic E-state index is -0.232. The first-order valence-corrected chi connectivity index (χ1v) is 7.00. The summed E-state index contributed by atoms with van der Waals surface area (Å²) in [4.78, 5) is 13.8. The van der Waals surface area contributed by atoms with E-state index in [9.17, 15) is 4.79 Å². The lowest BCUT2D eigenvalue weighted by Crippen LogP contribution is -2.46. The summed E-state index contributed by atoms with van der Waals surface area (Å²) in [5, 5.41) is 0. The number of carbonyl (C=O) groups is 1. The highest BCUT2D eigenvalue weighted by atomic mass is 16.5. The first-order chi connectivity index (χ1) is 8.26. The standard InChI is InChI=1S/C14H25NO2/c1-15(13-6-3-2-4-7-13)10-14(11-16)8-5-9-17-12-14/h11,13H,2-10,12H2,1H3. The van der Waals surface area contributed by atoms with Gasteiger partial charge in [0, 0.05) is 19.2 Å². The van der Waals surface area contributed by atoms with Crippen LogP contribution in [0.15, 0.2) is 0 Å². The smallest absolute Gasteiger partial charge is 0.129 e. The summed E-state index contributed by atoms with van der Waals surface area (Å²) in [5.74, 6) is 0. The maximum absolute atomic E-state index is 11.4. The molecule has 1 atom stereocenters. The third-order valence-corrected chi connectivity index (χ3v) is 4.37. The molecule has 0 aromatic rings. The normalized spacial score (nSPS) is 31.6. The van der Waals surface area contributed by atoms with Crippen molar-refractivity contribution in [2.45, 2.75) is 51.0 Å². The second kappa shape index (κ2) is 5.96. The van der Waals surface area contributed by atoms with Crippen molar-refractivity contribution in [1.29, 1.82) is 0 Å². The van der Waals surface area contributed by atoms with Crippen LogP contribution in [0.25, 0.3) is 0 Å². The van der Waals surface area contributed by atoms with Crippen LogP contribution in [0.1, 0.15) is 44.9 Å². The molecule has 3 nitrogen and oxygen atoms in total. The average Bonchev–Trinajstić information content (AvgIpc) is 2.41. The third-order valence-electron chi connectivity index (χ3n) is 4.37. The zero-order chi connectivity index (χ0) is 12.1. The van der Waals surface area contributed by atoms with Crippen LogP contribution >= 0.6 is 0 Å². The van der Waals surface area contributed by atoms with E-state index >= 15 is 0 Å². The van der Waals surface area contributed by atoms with E-state index in [0.717, 1.165) is 32.3 Å². The number of ether oxygens (including phenoxy) is 1. The number of carbonyl (C=O) groups excluding carboxylic acids is 1. The number of aldehydes is 1. The maximum atomic E-state index is 11.4. The molecule has 17 heavy (non-hydrogen) atoms. The van der Waals surface area contributed by atoms with E-state index in [1.807, 2.05) is 0 Å². The van der Waals surface area contributed by atoms with Crippen LogP contribution < -0.4 is 0 Å². The zero-order valence-corrected chi connectivity index (χ0v) is 11.0. The van der Waals surface area contributed by atoms with Gasteiger partial charge >= 0.3 is 0 Å². The van der Waals surface area contributed by atoms with Crippen molar-refractivity contribution >= 4 is 6.29 Å². The second-order valence-corrected chi connectivity index (χ2v) is 5.84. The molecule has 0 N–H and O–H groups in total. The molecule has 1 aliphatic carbocycles. The van der Waals surface area contributed by atoms with Crippen LogP contribution in [0.5, 0.6) is 0 Å². The van der Waals surface area contributed by atoms with E-state index < -0.39 is 0 Å². The molecule has 2 rings (SSSR count). The molecule has 1 saturated carbocycles. The van der Waals surface area contributed by atoms with E-state index in [4.69, 9.17) is 4.74 Å². The molecular weight excluding hydrogens is 214 g/mol. The summed E-state index contributed by atoms with van der Waals surface area (Å²) in [5.41, 5.74) is -0.232. The fourth-order valence-electron chi connectivity index (χ4n) is 3.28. The Morgan fingerprint density at radius 3 is 2.65 bits per heavy atom. The Labute approximate surface area is 105 Å². The SMILES string of the molecule is CN(CC1(C=O)CCCOC1)C1CCCCC1. The predicted molar refractivity (Wildman–Crippen MR) is 68.1 cm³/mol. The molecule has 2 aliphatic rings. The van der Waals surface area contributed by atoms with Gasteiger partial charge in [-0.15, -0.1) is 0 Å². The van der Waals surface area contributed by atoms with E-state index in [0.29, 0.717) is 12.6 Å². The highest BCUT2D eigenvalue weighted by Gasteiger charge is 2.35. The first-order valence-electron chi connectivity index (χ1n) is 7.00. The Bertz CT molecular complexity index is 243. The summed E-state index contributed by atoms with van der Waals surface area (Å²) >= 11 is 0. The molecule has 0 bridgehead atoms. The summed E-state index contributed by atoms with van der Waals surface area (Å²) in [6.45, 7) is 2.32. The summed E-state index contributed by atoms with van der Waals surface area (Å²) in [6.07, 6.45) is 9.83. The molecule has 1 heterocycles. The van der Waals surface area contributed by atoms with E-state index in [1.165, 1.54) is 32.1 Å². The van der Waals surface area contributed by atoms with Crippen molar-refractivity contribution in [3.63, 3.8) is 0 Å². The quantitative estimate of drug-likeness (QED) is 0.705. The number of rotatable bonds is 4. The van der Waals surface area contributed by atoms with Gasteiger partial charge in [0.25, 0.3) is 0 Å². The average molecular weight is 239 g/mol. The number of hydrogen-bond donors (Lipinski definition) is 0. The minimum Gasteiger partial charge on any atom is -0.380 e. The Kier molecular flexibility index (Phi) is 4.57. The molecule has 0 radical (unpaired) electrons. The third kappa shape index (κ3) is 3.29. The number of hydrogen-bond acceptors (Lipinski definition) is 3. The number of nitrogens with zero attached hydrogens (tertiary/aromatic N) is 1. The molecule has 1 aliphatic heterocycles. The van der Waals surface area contributed by atoms with Gasteiger partial charge < -0.3 is 14.4 Å². The monoisotopic (exact) mass is 239 g/mol. The van der Waals surface area contributed by atoms with Crippen LogP contribution in [0.3, 0.4) is 0 Å². The van der Waals surface area contributed by atoms with E-state index in [2.05, 4.69) is 11.9 Å². The van der Waals surface area contributed by atoms with Gasteiger partial charge in [0.15, 0.2) is 0 Å². The van der Waals surface area contributed by atoms with Crippen LogP contribution in [0, 0.1) is 5.41 Å². The Morgan fingerprint density at radius 2 is 2.06 bits per heavy atom. The molecule has 0 amide bonds. The molecule has 0 aromatic carbocycles. The van der Waals surface area contributed by atoms with Crippen LogP contribution in [-0.4, -0.2) is 44.0 Å². The zero-order valence-electron chi connectivity index (χ0n) is 11.0. The lowest BCUT2D eigenvalue weighted by atomic mass is 9.82. The van der Waals surface area contributed by atoms with Crippen molar-refractivity contribution in [3.05, 3.63) is 0 Å². The fourth-order valence-corrected chi connectivity index (χ4v) is 3.28. The van der Waals surface area contributed by atoms with Crippen LogP contribution in [0.2, 0.25) is 0 Å². The maximum Gasteiger partial charge on any atom is 0.129 e. The van der Waals surface area contributed by atoms with Gasteiger partial charge in [-0.25, -0.2) is 0 Å². The summed E-state index contributed by atoms with van der Waals surface area (Å²) in [7, 11) is 2.18. The van der Waals surface area contributed by atoms with Crippen LogP contribution in [0.4, 0.5) is 0 Å². The molecule has 1 unspecified atom stereocenters. The van der Waals surface area contributed by atoms with Crippen LogP contribution in [-0.2, 0) is 9.53 Å². The Balaban J connectivity index is 1.90. The Morgan fingerprint density at radius 1 is 1.29 bits per heavy atom. The summed E-state index contributed by atoms with van der Waals surface area (Å²) in [6, 6.07) is 0.683. The lowest BCUT2D eigenvalue weighted by Gasteiger charge is -2.39. The molecule has 98 valence electrons. The van der Waals surface area contributed by atoms with Crippen molar-refractivity contribution in [2.24, 2.45) is 5.41 Å². The van der Waals surface area contributed by atoms with Gasteiger partial charge in [0.05, 0.1) is 12.0 Å². The van der Waals surface area contributed by atoms with Crippen molar-refractivity contribution in [1.82, 2.24) is 4.90 Å². The first kappa shape index (κ1) is 13.0. The summed E-state index contributed by atoms with van der Waals surface area (Å²) < 4.78 is 5.51. The molecule has 1 saturated heterocycles. The fraction of sp³-hybridized carbons (Fsp3) is 0.929. The van der Waals surface area contributed by atoms with Crippen molar-refractivity contribution < 1.29 is 9.53 Å². The van der Waals surface area contributed by atoms with E-state index in [1.54, 1.807) is 0 Å². The molecule has 0 spiro atoms. The van der Waals surface area contributed by atoms with Gasteiger partial charge in [0.1, 0.15) is 6.29 Å². The van der Waals surface area contributed by atoms with Gasteiger partial charge in [-0.05, 0) is 32.7 Å². The highest BCUT2D eigenvalue weighted by Crippen LogP contribution is 2.30. The van der Waals surface area contributed by atoms with Gasteiger partial charge in [-0.1, -0.05) is 19.3 Å². The lowest BCUT2D eigenvalue weighted by molar-refractivity contribution is -0.126. The molecular formula is C14H25NO2. The molecule has 2 fully saturated rings. The predicted octanol–water partition coefficient (Wildman–Crippen LogP) is 2.25. The molecule has 3 heteroatoms. The van der Waals surface area contributed by atoms with Gasteiger partial charge in [0.2, 0.25) is 0 Å².